The number of carboxylic acid groups (broad SMARTS) is 1. The average molecular weight is 341 g/mol. The van der Waals surface area contributed by atoms with Crippen LogP contribution in [0.15, 0.2) is 24.3 Å². The van der Waals surface area contributed by atoms with Crippen LogP contribution in [0.1, 0.15) is 49.1 Å². The van der Waals surface area contributed by atoms with Gasteiger partial charge in [0, 0.05) is 18.4 Å². The summed E-state index contributed by atoms with van der Waals surface area (Å²) in [5.41, 5.74) is -1.47. The molecule has 2 atom stereocenters. The molecular formula is C17H18F3NO3. The quantitative estimate of drug-likeness (QED) is 0.863. The average Bonchev–Trinajstić information content (AvgIpc) is 3.20. The molecular weight excluding hydrogens is 323 g/mol. The number of rotatable bonds is 5. The molecule has 1 amide bonds. The highest BCUT2D eigenvalue weighted by atomic mass is 19.4. The van der Waals surface area contributed by atoms with Crippen LogP contribution in [0.4, 0.5) is 13.2 Å². The maximum Gasteiger partial charge on any atom is 0.416 e. The minimum absolute atomic E-state index is 0.105. The van der Waals surface area contributed by atoms with Gasteiger partial charge in [-0.05, 0) is 30.9 Å². The van der Waals surface area contributed by atoms with Crippen molar-refractivity contribution in [3.63, 3.8) is 0 Å². The summed E-state index contributed by atoms with van der Waals surface area (Å²) in [7, 11) is 0. The molecule has 4 nitrogen and oxygen atoms in total. The molecule has 2 aliphatic carbocycles. The molecule has 0 bridgehead atoms. The molecule has 2 fully saturated rings. The molecule has 1 aromatic rings. The van der Waals surface area contributed by atoms with Gasteiger partial charge in [-0.15, -0.1) is 0 Å². The van der Waals surface area contributed by atoms with E-state index in [2.05, 4.69) is 5.32 Å². The molecule has 1 aromatic carbocycles. The number of carboxylic acids is 1. The van der Waals surface area contributed by atoms with E-state index in [1.165, 1.54) is 12.1 Å². The van der Waals surface area contributed by atoms with Gasteiger partial charge in [-0.3, -0.25) is 9.59 Å². The Bertz CT molecular complexity index is 667. The molecule has 0 aliphatic heterocycles. The Morgan fingerprint density at radius 1 is 1.25 bits per heavy atom. The van der Waals surface area contributed by atoms with E-state index in [4.69, 9.17) is 0 Å². The lowest BCUT2D eigenvalue weighted by atomic mass is 9.66. The number of carbonyl (C=O) groups excluding carboxylic acids is 1. The Hall–Kier alpha value is -2.05. The minimum Gasteiger partial charge on any atom is -0.481 e. The molecule has 2 N–H and O–H groups in total. The second-order valence-corrected chi connectivity index (χ2v) is 6.72. The second-order valence-electron chi connectivity index (χ2n) is 6.72. The van der Waals surface area contributed by atoms with Crippen LogP contribution in [0.5, 0.6) is 0 Å². The van der Waals surface area contributed by atoms with Crippen molar-refractivity contribution >= 4 is 11.9 Å². The number of halogens is 3. The fraction of sp³-hybridized carbons (Fsp3) is 0.529. The van der Waals surface area contributed by atoms with Gasteiger partial charge in [-0.25, -0.2) is 0 Å². The highest BCUT2D eigenvalue weighted by molar-refractivity contribution is 5.86. The van der Waals surface area contributed by atoms with Crippen LogP contribution < -0.4 is 5.32 Å². The molecule has 2 saturated carbocycles. The summed E-state index contributed by atoms with van der Waals surface area (Å²) >= 11 is 0. The second kappa shape index (κ2) is 5.79. The Kier molecular flexibility index (Phi) is 4.05. The number of benzene rings is 1. The lowest BCUT2D eigenvalue weighted by Crippen LogP contribution is -2.43. The molecule has 130 valence electrons. The maximum absolute atomic E-state index is 13.0. The van der Waals surface area contributed by atoms with Gasteiger partial charge in [-0.1, -0.05) is 24.6 Å². The first kappa shape index (κ1) is 16.8. The van der Waals surface area contributed by atoms with Crippen molar-refractivity contribution in [1.29, 1.82) is 0 Å². The molecule has 3 rings (SSSR count). The van der Waals surface area contributed by atoms with Crippen molar-refractivity contribution in [2.75, 3.05) is 0 Å². The Morgan fingerprint density at radius 2 is 1.92 bits per heavy atom. The van der Waals surface area contributed by atoms with Crippen molar-refractivity contribution in [3.05, 3.63) is 35.4 Å². The molecule has 7 heteroatoms. The topological polar surface area (TPSA) is 66.4 Å². The predicted molar refractivity (Wildman–Crippen MR) is 79.3 cm³/mol. The van der Waals surface area contributed by atoms with Gasteiger partial charge in [0.15, 0.2) is 0 Å². The summed E-state index contributed by atoms with van der Waals surface area (Å²) in [4.78, 5) is 23.3. The van der Waals surface area contributed by atoms with Crippen LogP contribution in [0, 0.1) is 5.41 Å². The smallest absolute Gasteiger partial charge is 0.416 e. The Balaban J connectivity index is 1.63. The summed E-state index contributed by atoms with van der Waals surface area (Å²) in [6.07, 6.45) is -2.36. The SMILES string of the molecule is O=C(CC1(C(=O)O)CCC1)NC1CC1c1ccccc1C(F)(F)F. The number of aliphatic carboxylic acids is 1. The first-order chi connectivity index (χ1) is 11.2. The van der Waals surface area contributed by atoms with Gasteiger partial charge < -0.3 is 10.4 Å². The molecule has 0 spiro atoms. The summed E-state index contributed by atoms with van der Waals surface area (Å²) in [6, 6.07) is 5.02. The zero-order chi connectivity index (χ0) is 17.5. The van der Waals surface area contributed by atoms with E-state index < -0.39 is 29.0 Å². The van der Waals surface area contributed by atoms with E-state index in [1.54, 1.807) is 6.07 Å². The zero-order valence-corrected chi connectivity index (χ0v) is 12.9. The van der Waals surface area contributed by atoms with E-state index in [0.717, 1.165) is 12.5 Å². The van der Waals surface area contributed by atoms with Crippen molar-refractivity contribution in [2.24, 2.45) is 5.41 Å². The third kappa shape index (κ3) is 3.12. The standard InChI is InChI=1S/C17H18F3NO3/c18-17(19,20)12-5-2-1-4-10(12)11-8-13(11)21-14(22)9-16(15(23)24)6-3-7-16/h1-2,4-5,11,13H,3,6-9H2,(H,21,22)(H,23,24). The van der Waals surface area contributed by atoms with E-state index in [9.17, 15) is 27.9 Å². The summed E-state index contributed by atoms with van der Waals surface area (Å²) in [5, 5.41) is 11.9. The number of amides is 1. The van der Waals surface area contributed by atoms with Crippen LogP contribution in [0.25, 0.3) is 0 Å². The first-order valence-corrected chi connectivity index (χ1v) is 7.92. The molecule has 24 heavy (non-hydrogen) atoms. The minimum atomic E-state index is -4.42. The Morgan fingerprint density at radius 3 is 2.46 bits per heavy atom. The third-order valence-corrected chi connectivity index (χ3v) is 5.07. The highest BCUT2D eigenvalue weighted by Crippen LogP contribution is 2.47. The molecule has 2 aliphatic rings. The van der Waals surface area contributed by atoms with Gasteiger partial charge in [0.25, 0.3) is 0 Å². The predicted octanol–water partition coefficient (Wildman–Crippen LogP) is 3.32. The van der Waals surface area contributed by atoms with E-state index in [-0.39, 0.29) is 23.9 Å². The van der Waals surface area contributed by atoms with Crippen molar-refractivity contribution in [1.82, 2.24) is 5.32 Å². The van der Waals surface area contributed by atoms with Crippen molar-refractivity contribution < 1.29 is 27.9 Å². The van der Waals surface area contributed by atoms with Crippen molar-refractivity contribution in [3.8, 4) is 0 Å². The number of hydrogen-bond acceptors (Lipinski definition) is 2. The summed E-state index contributed by atoms with van der Waals surface area (Å²) in [6.45, 7) is 0. The maximum atomic E-state index is 13.0. The summed E-state index contributed by atoms with van der Waals surface area (Å²) in [5.74, 6) is -1.73. The normalized spacial score (nSPS) is 24.8. The molecule has 2 unspecified atom stereocenters. The number of carbonyl (C=O) groups is 2. The number of hydrogen-bond donors (Lipinski definition) is 2. The van der Waals surface area contributed by atoms with E-state index >= 15 is 0 Å². The highest BCUT2D eigenvalue weighted by Gasteiger charge is 2.48. The van der Waals surface area contributed by atoms with Gasteiger partial charge in [0.05, 0.1) is 11.0 Å². The summed E-state index contributed by atoms with van der Waals surface area (Å²) < 4.78 is 39.1. The fourth-order valence-electron chi connectivity index (χ4n) is 3.41. The van der Waals surface area contributed by atoms with Gasteiger partial charge >= 0.3 is 12.1 Å². The molecule has 0 radical (unpaired) electrons. The lowest BCUT2D eigenvalue weighted by molar-refractivity contribution is -0.157. The van der Waals surface area contributed by atoms with Crippen LogP contribution >= 0.6 is 0 Å². The van der Waals surface area contributed by atoms with Crippen LogP contribution in [0.3, 0.4) is 0 Å². The van der Waals surface area contributed by atoms with Crippen LogP contribution in [-0.4, -0.2) is 23.0 Å². The number of nitrogens with one attached hydrogen (secondary N) is 1. The largest absolute Gasteiger partial charge is 0.481 e. The van der Waals surface area contributed by atoms with E-state index in [1.807, 2.05) is 0 Å². The Labute approximate surface area is 137 Å². The van der Waals surface area contributed by atoms with Crippen molar-refractivity contribution in [2.45, 2.75) is 50.2 Å². The lowest BCUT2D eigenvalue weighted by Gasteiger charge is -2.36. The monoisotopic (exact) mass is 341 g/mol. The third-order valence-electron chi connectivity index (χ3n) is 5.07. The molecule has 0 saturated heterocycles. The molecule has 0 heterocycles. The fourth-order valence-corrected chi connectivity index (χ4v) is 3.41. The van der Waals surface area contributed by atoms with Gasteiger partial charge in [-0.2, -0.15) is 13.2 Å². The first-order valence-electron chi connectivity index (χ1n) is 7.92. The van der Waals surface area contributed by atoms with Crippen LogP contribution in [-0.2, 0) is 15.8 Å². The van der Waals surface area contributed by atoms with Gasteiger partial charge in [0.2, 0.25) is 5.91 Å². The number of alkyl halides is 3. The van der Waals surface area contributed by atoms with Gasteiger partial charge in [0.1, 0.15) is 0 Å². The zero-order valence-electron chi connectivity index (χ0n) is 12.9. The van der Waals surface area contributed by atoms with E-state index in [0.29, 0.717) is 19.3 Å². The van der Waals surface area contributed by atoms with Crippen LogP contribution in [0.2, 0.25) is 0 Å². The molecule has 0 aromatic heterocycles.